The minimum Gasteiger partial charge on any atom is -0.385 e. The van der Waals surface area contributed by atoms with Gasteiger partial charge in [0.2, 0.25) is 0 Å². The van der Waals surface area contributed by atoms with Gasteiger partial charge in [-0.25, -0.2) is 0 Å². The van der Waals surface area contributed by atoms with Gasteiger partial charge < -0.3 is 10.3 Å². The zero-order valence-electron chi connectivity index (χ0n) is 11.5. The molecule has 0 spiro atoms. The minimum atomic E-state index is -0.0329. The molecule has 0 radical (unpaired) electrons. The number of anilines is 1. The van der Waals surface area contributed by atoms with E-state index in [0.29, 0.717) is 11.4 Å². The molecule has 1 aromatic heterocycles. The van der Waals surface area contributed by atoms with E-state index in [-0.39, 0.29) is 6.04 Å². The van der Waals surface area contributed by atoms with E-state index in [2.05, 4.69) is 30.3 Å². The van der Waals surface area contributed by atoms with E-state index in [1.165, 1.54) is 0 Å². The first-order chi connectivity index (χ1) is 10.3. The Morgan fingerprint density at radius 3 is 1.86 bits per heavy atom. The predicted octanol–water partition coefficient (Wildman–Crippen LogP) is 3.58. The van der Waals surface area contributed by atoms with Gasteiger partial charge in [0.05, 0.1) is 11.6 Å². The lowest BCUT2D eigenvalue weighted by Crippen LogP contribution is -2.13. The quantitative estimate of drug-likeness (QED) is 0.793. The molecule has 1 heterocycles. The third kappa shape index (κ3) is 2.52. The number of rotatable bonds is 3. The maximum absolute atomic E-state index is 9.08. The topological polar surface area (TPSA) is 54.7 Å². The molecule has 0 bridgehead atoms. The first-order valence-electron chi connectivity index (χ1n) is 6.77. The minimum absolute atomic E-state index is 0.0329. The number of nitrogens with two attached hydrogens (primary N) is 1. The molecule has 0 unspecified atom stereocenters. The van der Waals surface area contributed by atoms with Crippen molar-refractivity contribution < 1.29 is 0 Å². The van der Waals surface area contributed by atoms with Gasteiger partial charge in [0, 0.05) is 6.20 Å². The summed E-state index contributed by atoms with van der Waals surface area (Å²) in [6.45, 7) is 0. The summed E-state index contributed by atoms with van der Waals surface area (Å²) in [5, 5.41) is 9.08. The van der Waals surface area contributed by atoms with Gasteiger partial charge in [0.1, 0.15) is 11.9 Å². The van der Waals surface area contributed by atoms with Crippen molar-refractivity contribution in [3.63, 3.8) is 0 Å². The highest BCUT2D eigenvalue weighted by Gasteiger charge is 2.18. The van der Waals surface area contributed by atoms with Gasteiger partial charge in [0.15, 0.2) is 0 Å². The molecule has 3 nitrogen and oxygen atoms in total. The Morgan fingerprint density at radius 1 is 0.905 bits per heavy atom. The number of nitriles is 1. The molecule has 2 N–H and O–H groups in total. The smallest absolute Gasteiger partial charge is 0.105 e. The van der Waals surface area contributed by atoms with Gasteiger partial charge in [-0.05, 0) is 17.2 Å². The Balaban J connectivity index is 2.17. The van der Waals surface area contributed by atoms with Gasteiger partial charge >= 0.3 is 0 Å². The van der Waals surface area contributed by atoms with Crippen LogP contribution in [0.2, 0.25) is 0 Å². The zero-order chi connectivity index (χ0) is 14.7. The maximum Gasteiger partial charge on any atom is 0.105 e. The Labute approximate surface area is 123 Å². The summed E-state index contributed by atoms with van der Waals surface area (Å²) in [5.74, 6) is 0.587. The highest BCUT2D eigenvalue weighted by Crippen LogP contribution is 2.29. The van der Waals surface area contributed by atoms with Gasteiger partial charge in [0.25, 0.3) is 0 Å². The number of nitrogen functional groups attached to an aromatic ring is 1. The maximum atomic E-state index is 9.08. The predicted molar refractivity (Wildman–Crippen MR) is 83.7 cm³/mol. The van der Waals surface area contributed by atoms with Crippen LogP contribution >= 0.6 is 0 Å². The molecule has 0 aliphatic rings. The fourth-order valence-corrected chi connectivity index (χ4v) is 2.56. The van der Waals surface area contributed by atoms with Crippen LogP contribution < -0.4 is 5.73 Å². The molecular formula is C18H15N3. The summed E-state index contributed by atoms with van der Waals surface area (Å²) in [4.78, 5) is 0. The van der Waals surface area contributed by atoms with E-state index in [0.717, 1.165) is 11.1 Å². The Kier molecular flexibility index (Phi) is 3.44. The summed E-state index contributed by atoms with van der Waals surface area (Å²) < 4.78 is 1.95. The van der Waals surface area contributed by atoms with Crippen LogP contribution in [-0.2, 0) is 0 Å². The molecule has 3 heteroatoms. The van der Waals surface area contributed by atoms with Gasteiger partial charge in [-0.1, -0.05) is 60.7 Å². The second-order valence-corrected chi connectivity index (χ2v) is 4.90. The molecule has 3 rings (SSSR count). The van der Waals surface area contributed by atoms with Gasteiger partial charge in [-0.3, -0.25) is 0 Å². The highest BCUT2D eigenvalue weighted by molar-refractivity contribution is 5.46. The van der Waals surface area contributed by atoms with E-state index in [9.17, 15) is 0 Å². The molecule has 0 aliphatic heterocycles. The lowest BCUT2D eigenvalue weighted by molar-refractivity contribution is 0.691. The molecule has 102 valence electrons. The first kappa shape index (κ1) is 13.0. The molecule has 3 aromatic rings. The molecule has 0 saturated heterocycles. The van der Waals surface area contributed by atoms with E-state index >= 15 is 0 Å². The largest absolute Gasteiger partial charge is 0.385 e. The van der Waals surface area contributed by atoms with E-state index in [1.54, 1.807) is 12.3 Å². The summed E-state index contributed by atoms with van der Waals surface area (Å²) >= 11 is 0. The summed E-state index contributed by atoms with van der Waals surface area (Å²) in [6, 6.07) is 24.1. The van der Waals surface area contributed by atoms with Crippen LogP contribution in [0.5, 0.6) is 0 Å². The molecule has 21 heavy (non-hydrogen) atoms. The lowest BCUT2D eigenvalue weighted by Gasteiger charge is -2.21. The molecule has 0 fully saturated rings. The number of aromatic nitrogens is 1. The Morgan fingerprint density at radius 2 is 1.43 bits per heavy atom. The molecular weight excluding hydrogens is 258 g/mol. The van der Waals surface area contributed by atoms with E-state index in [1.807, 2.05) is 41.0 Å². The van der Waals surface area contributed by atoms with Crippen LogP contribution in [0, 0.1) is 11.3 Å². The summed E-state index contributed by atoms with van der Waals surface area (Å²) in [6.07, 6.45) is 1.81. The summed E-state index contributed by atoms with van der Waals surface area (Å²) in [7, 11) is 0. The van der Waals surface area contributed by atoms with Crippen LogP contribution in [0.4, 0.5) is 5.82 Å². The fourth-order valence-electron chi connectivity index (χ4n) is 2.56. The fraction of sp³-hybridized carbons (Fsp3) is 0.0556. The monoisotopic (exact) mass is 273 g/mol. The van der Waals surface area contributed by atoms with Crippen molar-refractivity contribution >= 4 is 5.82 Å². The second kappa shape index (κ2) is 5.56. The van der Waals surface area contributed by atoms with Gasteiger partial charge in [-0.2, -0.15) is 5.26 Å². The zero-order valence-corrected chi connectivity index (χ0v) is 11.5. The van der Waals surface area contributed by atoms with Crippen LogP contribution in [0.25, 0.3) is 0 Å². The standard InChI is InChI=1S/C18H15N3/c19-12-14-11-17(20)21(13-14)18(15-7-3-1-4-8-15)16-9-5-2-6-10-16/h1-11,13,18H,20H2. The number of nitrogens with zero attached hydrogens (tertiary/aromatic N) is 2. The van der Waals surface area contributed by atoms with Crippen LogP contribution in [0.1, 0.15) is 22.7 Å². The van der Waals surface area contributed by atoms with Crippen molar-refractivity contribution in [2.75, 3.05) is 5.73 Å². The molecule has 0 amide bonds. The van der Waals surface area contributed by atoms with Crippen LogP contribution in [-0.4, -0.2) is 4.57 Å². The Hall–Kier alpha value is -2.99. The molecule has 0 aliphatic carbocycles. The third-order valence-electron chi connectivity index (χ3n) is 3.52. The van der Waals surface area contributed by atoms with E-state index < -0.39 is 0 Å². The van der Waals surface area contributed by atoms with Crippen molar-refractivity contribution in [3.05, 3.63) is 89.6 Å². The first-order valence-corrected chi connectivity index (χ1v) is 6.77. The van der Waals surface area contributed by atoms with E-state index in [4.69, 9.17) is 11.0 Å². The second-order valence-electron chi connectivity index (χ2n) is 4.90. The number of hydrogen-bond acceptors (Lipinski definition) is 2. The molecule has 0 atom stereocenters. The SMILES string of the molecule is N#Cc1cc(N)n(C(c2ccccc2)c2ccccc2)c1. The Bertz CT molecular complexity index is 728. The van der Waals surface area contributed by atoms with Crippen molar-refractivity contribution in [2.45, 2.75) is 6.04 Å². The number of benzene rings is 2. The van der Waals surface area contributed by atoms with Crippen LogP contribution in [0.3, 0.4) is 0 Å². The normalized spacial score (nSPS) is 10.5. The molecule has 2 aromatic carbocycles. The average Bonchev–Trinajstić information content (AvgIpc) is 2.91. The number of hydrogen-bond donors (Lipinski definition) is 1. The highest BCUT2D eigenvalue weighted by atomic mass is 15.1. The average molecular weight is 273 g/mol. The third-order valence-corrected chi connectivity index (χ3v) is 3.52. The van der Waals surface area contributed by atoms with Crippen molar-refractivity contribution in [1.82, 2.24) is 4.57 Å². The summed E-state index contributed by atoms with van der Waals surface area (Å²) in [5.41, 5.74) is 8.95. The molecule has 0 saturated carbocycles. The van der Waals surface area contributed by atoms with Crippen LogP contribution in [0.15, 0.2) is 72.9 Å². The van der Waals surface area contributed by atoms with Crippen molar-refractivity contribution in [3.8, 4) is 6.07 Å². The lowest BCUT2D eigenvalue weighted by atomic mass is 9.98. The van der Waals surface area contributed by atoms with Gasteiger partial charge in [-0.15, -0.1) is 0 Å². The van der Waals surface area contributed by atoms with Crippen molar-refractivity contribution in [2.24, 2.45) is 0 Å². The van der Waals surface area contributed by atoms with Crippen molar-refractivity contribution in [1.29, 1.82) is 5.26 Å².